The van der Waals surface area contributed by atoms with Crippen LogP contribution in [0.4, 0.5) is 0 Å². The molecule has 0 aliphatic rings. The van der Waals surface area contributed by atoms with Crippen molar-refractivity contribution in [2.75, 3.05) is 13.2 Å². The molecule has 0 N–H and O–H groups in total. The van der Waals surface area contributed by atoms with E-state index < -0.39 is 8.07 Å². The third kappa shape index (κ3) is 4.29. The summed E-state index contributed by atoms with van der Waals surface area (Å²) >= 11 is 0. The molecule has 3 heteroatoms. The molecule has 13 heavy (non-hydrogen) atoms. The SMILES string of the molecule is CN(Cc1ccco1)C[Si](C)(C)C. The fourth-order valence-corrected chi connectivity index (χ4v) is 3.27. The largest absolute Gasteiger partial charge is 0.468 e. The summed E-state index contributed by atoms with van der Waals surface area (Å²) in [5.41, 5.74) is 0. The van der Waals surface area contributed by atoms with E-state index in [9.17, 15) is 0 Å². The maximum atomic E-state index is 5.29. The van der Waals surface area contributed by atoms with Crippen molar-refractivity contribution in [3.05, 3.63) is 24.2 Å². The summed E-state index contributed by atoms with van der Waals surface area (Å²) in [4.78, 5) is 2.34. The lowest BCUT2D eigenvalue weighted by Crippen LogP contribution is -2.37. The Balaban J connectivity index is 2.38. The average molecular weight is 197 g/mol. The predicted octanol–water partition coefficient (Wildman–Crippen LogP) is 2.59. The predicted molar refractivity (Wildman–Crippen MR) is 58.4 cm³/mol. The van der Waals surface area contributed by atoms with Crippen LogP contribution >= 0.6 is 0 Å². The fraction of sp³-hybridized carbons (Fsp3) is 0.600. The van der Waals surface area contributed by atoms with Crippen LogP contribution < -0.4 is 0 Å². The molecule has 74 valence electrons. The normalized spacial score (nSPS) is 12.4. The molecular weight excluding hydrogens is 178 g/mol. The smallest absolute Gasteiger partial charge is 0.117 e. The maximum absolute atomic E-state index is 5.29. The van der Waals surface area contributed by atoms with Gasteiger partial charge in [0.25, 0.3) is 0 Å². The lowest BCUT2D eigenvalue weighted by Gasteiger charge is -2.23. The number of nitrogens with zero attached hydrogens (tertiary/aromatic N) is 1. The van der Waals surface area contributed by atoms with Crippen LogP contribution in [0.5, 0.6) is 0 Å². The van der Waals surface area contributed by atoms with Gasteiger partial charge < -0.3 is 9.32 Å². The quantitative estimate of drug-likeness (QED) is 0.690. The highest BCUT2D eigenvalue weighted by Gasteiger charge is 2.16. The summed E-state index contributed by atoms with van der Waals surface area (Å²) in [5.74, 6) is 1.06. The maximum Gasteiger partial charge on any atom is 0.117 e. The van der Waals surface area contributed by atoms with Gasteiger partial charge in [-0.1, -0.05) is 19.6 Å². The van der Waals surface area contributed by atoms with Gasteiger partial charge in [-0.15, -0.1) is 0 Å². The minimum atomic E-state index is -0.969. The molecular formula is C10H19NOSi. The molecule has 0 fully saturated rings. The monoisotopic (exact) mass is 197 g/mol. The lowest BCUT2D eigenvalue weighted by atomic mass is 10.4. The van der Waals surface area contributed by atoms with Gasteiger partial charge >= 0.3 is 0 Å². The summed E-state index contributed by atoms with van der Waals surface area (Å²) in [5, 5.41) is 0. The molecule has 1 aromatic rings. The Morgan fingerprint density at radius 1 is 1.38 bits per heavy atom. The highest BCUT2D eigenvalue weighted by molar-refractivity contribution is 6.76. The second-order valence-corrected chi connectivity index (χ2v) is 10.2. The molecule has 2 nitrogen and oxygen atoms in total. The highest BCUT2D eigenvalue weighted by atomic mass is 28.3. The summed E-state index contributed by atoms with van der Waals surface area (Å²) in [6.07, 6.45) is 2.95. The standard InChI is InChI=1S/C10H19NOSi/c1-11(9-13(2,3)4)8-10-6-5-7-12-10/h5-7H,8-9H2,1-4H3. The van der Waals surface area contributed by atoms with E-state index in [0.717, 1.165) is 12.3 Å². The van der Waals surface area contributed by atoms with E-state index in [1.807, 2.05) is 12.1 Å². The second-order valence-electron chi connectivity index (χ2n) is 4.81. The van der Waals surface area contributed by atoms with E-state index in [0.29, 0.717) is 0 Å². The lowest BCUT2D eigenvalue weighted by molar-refractivity contribution is 0.331. The Morgan fingerprint density at radius 2 is 2.08 bits per heavy atom. The van der Waals surface area contributed by atoms with E-state index in [1.165, 1.54) is 6.17 Å². The Kier molecular flexibility index (Phi) is 3.33. The fourth-order valence-electron chi connectivity index (χ4n) is 1.53. The molecule has 1 aromatic heterocycles. The molecule has 1 rings (SSSR count). The highest BCUT2D eigenvalue weighted by Crippen LogP contribution is 2.07. The third-order valence-electron chi connectivity index (χ3n) is 1.75. The van der Waals surface area contributed by atoms with Crippen LogP contribution in [0, 0.1) is 0 Å². The molecule has 1 heterocycles. The van der Waals surface area contributed by atoms with Gasteiger partial charge in [-0.05, 0) is 25.3 Å². The first kappa shape index (κ1) is 10.5. The first-order valence-corrected chi connectivity index (χ1v) is 8.39. The van der Waals surface area contributed by atoms with Gasteiger partial charge in [0, 0.05) is 0 Å². The van der Waals surface area contributed by atoms with Gasteiger partial charge in [-0.3, -0.25) is 0 Å². The van der Waals surface area contributed by atoms with Crippen LogP contribution in [0.25, 0.3) is 0 Å². The Bertz CT molecular complexity index is 238. The topological polar surface area (TPSA) is 16.4 Å². The van der Waals surface area contributed by atoms with Gasteiger partial charge in [-0.2, -0.15) is 0 Å². The molecule has 0 atom stereocenters. The summed E-state index contributed by atoms with van der Waals surface area (Å²) < 4.78 is 5.29. The number of hydrogen-bond acceptors (Lipinski definition) is 2. The summed E-state index contributed by atoms with van der Waals surface area (Å²) in [7, 11) is 1.18. The zero-order valence-electron chi connectivity index (χ0n) is 9.00. The van der Waals surface area contributed by atoms with Crippen LogP contribution in [0.2, 0.25) is 19.6 Å². The molecule has 0 saturated carbocycles. The van der Waals surface area contributed by atoms with Gasteiger partial charge in [0.1, 0.15) is 5.76 Å². The van der Waals surface area contributed by atoms with Crippen LogP contribution in [0.15, 0.2) is 22.8 Å². The van der Waals surface area contributed by atoms with E-state index >= 15 is 0 Å². The van der Waals surface area contributed by atoms with Gasteiger partial charge in [0.15, 0.2) is 0 Å². The molecule has 0 aliphatic heterocycles. The minimum absolute atomic E-state index is 0.928. The molecule has 0 aliphatic carbocycles. The van der Waals surface area contributed by atoms with Crippen LogP contribution in [0.3, 0.4) is 0 Å². The van der Waals surface area contributed by atoms with E-state index in [2.05, 4.69) is 31.6 Å². The van der Waals surface area contributed by atoms with E-state index in [-0.39, 0.29) is 0 Å². The molecule has 0 radical (unpaired) electrons. The first-order valence-electron chi connectivity index (χ1n) is 4.68. The zero-order valence-corrected chi connectivity index (χ0v) is 10.0. The van der Waals surface area contributed by atoms with Crippen molar-refractivity contribution in [2.45, 2.75) is 26.2 Å². The van der Waals surface area contributed by atoms with Crippen molar-refractivity contribution in [1.29, 1.82) is 0 Å². The third-order valence-corrected chi connectivity index (χ3v) is 3.24. The van der Waals surface area contributed by atoms with Crippen molar-refractivity contribution in [3.8, 4) is 0 Å². The molecule has 0 bridgehead atoms. The summed E-state index contributed by atoms with van der Waals surface area (Å²) in [6.45, 7) is 8.07. The average Bonchev–Trinajstić information content (AvgIpc) is 2.34. The molecule has 0 spiro atoms. The van der Waals surface area contributed by atoms with Gasteiger partial charge in [0.05, 0.1) is 20.9 Å². The Morgan fingerprint density at radius 3 is 2.54 bits per heavy atom. The number of hydrogen-bond donors (Lipinski definition) is 0. The van der Waals surface area contributed by atoms with Crippen molar-refractivity contribution in [2.24, 2.45) is 0 Å². The first-order chi connectivity index (χ1) is 5.97. The molecule has 0 unspecified atom stereocenters. The van der Waals surface area contributed by atoms with Crippen LogP contribution in [-0.4, -0.2) is 26.2 Å². The van der Waals surface area contributed by atoms with Crippen molar-refractivity contribution >= 4 is 8.07 Å². The van der Waals surface area contributed by atoms with Crippen molar-refractivity contribution in [3.63, 3.8) is 0 Å². The van der Waals surface area contributed by atoms with Gasteiger partial charge in [0.2, 0.25) is 0 Å². The number of furan rings is 1. The van der Waals surface area contributed by atoms with Crippen molar-refractivity contribution < 1.29 is 4.42 Å². The molecule has 0 saturated heterocycles. The summed E-state index contributed by atoms with van der Waals surface area (Å²) in [6, 6.07) is 3.97. The minimum Gasteiger partial charge on any atom is -0.468 e. The number of rotatable bonds is 4. The Labute approximate surface area is 81.6 Å². The van der Waals surface area contributed by atoms with E-state index in [4.69, 9.17) is 4.42 Å². The van der Waals surface area contributed by atoms with Crippen LogP contribution in [0.1, 0.15) is 5.76 Å². The molecule has 0 aromatic carbocycles. The Hall–Kier alpha value is -0.543. The van der Waals surface area contributed by atoms with E-state index in [1.54, 1.807) is 6.26 Å². The zero-order chi connectivity index (χ0) is 9.90. The van der Waals surface area contributed by atoms with Gasteiger partial charge in [-0.25, -0.2) is 0 Å². The second kappa shape index (κ2) is 4.11. The van der Waals surface area contributed by atoms with Crippen molar-refractivity contribution in [1.82, 2.24) is 4.90 Å². The molecule has 0 amide bonds. The van der Waals surface area contributed by atoms with Crippen LogP contribution in [-0.2, 0) is 6.54 Å².